The van der Waals surface area contributed by atoms with Crippen LogP contribution in [0.4, 0.5) is 5.82 Å². The van der Waals surface area contributed by atoms with Gasteiger partial charge in [-0.05, 0) is 11.6 Å². The Morgan fingerprint density at radius 2 is 2.08 bits per heavy atom. The minimum absolute atomic E-state index is 0.113. The number of anilines is 1. The lowest BCUT2D eigenvalue weighted by Gasteiger charge is -1.92. The molecule has 6 heteroatoms. The summed E-state index contributed by atoms with van der Waals surface area (Å²) in [5, 5.41) is 0.113. The van der Waals surface area contributed by atoms with Crippen LogP contribution in [-0.4, -0.2) is 19.9 Å². The number of hydrogen-bond donors (Lipinski definition) is 2. The number of aromatic nitrogens is 4. The van der Waals surface area contributed by atoms with E-state index in [-0.39, 0.29) is 5.28 Å². The summed E-state index contributed by atoms with van der Waals surface area (Å²) >= 11 is 5.52. The van der Waals surface area contributed by atoms with Crippen molar-refractivity contribution < 1.29 is 0 Å². The Labute approximate surface area is 80.4 Å². The molecule has 0 spiro atoms. The average molecular weight is 200 g/mol. The number of rotatable bonds is 0. The molecule has 0 atom stereocenters. The fraction of sp³-hybridized carbons (Fsp3) is 0.286. The molecule has 0 bridgehead atoms. The smallest absolute Gasteiger partial charge is 0.226 e. The Morgan fingerprint density at radius 3 is 2.77 bits per heavy atom. The minimum atomic E-state index is 0.113. The molecule has 3 N–H and O–H groups in total. The predicted octanol–water partition coefficient (Wildman–Crippen LogP) is 1.61. The molecule has 2 rings (SSSR count). The molecule has 0 unspecified atom stereocenters. The number of hydrogen-bond acceptors (Lipinski definition) is 4. The molecular formula is C7H10ClN5. The summed E-state index contributed by atoms with van der Waals surface area (Å²) in [6.45, 7) is 4.00. The number of halogens is 1. The summed E-state index contributed by atoms with van der Waals surface area (Å²) in [6.07, 6.45) is 1.49. The molecule has 5 nitrogen and oxygen atoms in total. The van der Waals surface area contributed by atoms with Gasteiger partial charge in [-0.15, -0.1) is 0 Å². The van der Waals surface area contributed by atoms with Gasteiger partial charge in [-0.2, -0.15) is 9.97 Å². The molecule has 0 aliphatic heterocycles. The van der Waals surface area contributed by atoms with Gasteiger partial charge in [0.2, 0.25) is 5.28 Å². The first kappa shape index (κ1) is 9.73. The average Bonchev–Trinajstić information content (AvgIpc) is 2.55. The summed E-state index contributed by atoms with van der Waals surface area (Å²) in [6, 6.07) is 0. The Morgan fingerprint density at radius 1 is 1.38 bits per heavy atom. The molecule has 2 heterocycles. The fourth-order valence-corrected chi connectivity index (χ4v) is 0.999. The lowest BCUT2D eigenvalue weighted by Crippen LogP contribution is -1.93. The highest BCUT2D eigenvalue weighted by Gasteiger charge is 2.03. The van der Waals surface area contributed by atoms with E-state index in [1.807, 2.05) is 13.8 Å². The molecule has 0 amide bonds. The van der Waals surface area contributed by atoms with Crippen LogP contribution in [0.2, 0.25) is 5.28 Å². The lowest BCUT2D eigenvalue weighted by molar-refractivity contribution is 1.21. The largest absolute Gasteiger partial charge is 0.382 e. The van der Waals surface area contributed by atoms with Gasteiger partial charge in [0, 0.05) is 0 Å². The van der Waals surface area contributed by atoms with Crippen LogP contribution in [0.5, 0.6) is 0 Å². The zero-order chi connectivity index (χ0) is 9.84. The number of nitrogens with zero attached hydrogens (tertiary/aromatic N) is 3. The van der Waals surface area contributed by atoms with Crippen LogP contribution < -0.4 is 5.73 Å². The quantitative estimate of drug-likeness (QED) is 0.632. The van der Waals surface area contributed by atoms with Gasteiger partial charge >= 0.3 is 0 Å². The second-order valence-electron chi connectivity index (χ2n) is 1.98. The third kappa shape index (κ3) is 1.86. The maximum atomic E-state index is 5.52. The van der Waals surface area contributed by atoms with Crippen molar-refractivity contribution in [3.8, 4) is 0 Å². The van der Waals surface area contributed by atoms with Crippen molar-refractivity contribution in [2.75, 3.05) is 5.73 Å². The van der Waals surface area contributed by atoms with Crippen molar-refractivity contribution in [3.05, 3.63) is 11.6 Å². The Kier molecular flexibility index (Phi) is 3.02. The van der Waals surface area contributed by atoms with Crippen LogP contribution in [0.15, 0.2) is 6.33 Å². The second-order valence-corrected chi connectivity index (χ2v) is 2.32. The Balaban J connectivity index is 0.000000396. The van der Waals surface area contributed by atoms with Crippen molar-refractivity contribution in [1.29, 1.82) is 0 Å². The van der Waals surface area contributed by atoms with Gasteiger partial charge < -0.3 is 10.7 Å². The van der Waals surface area contributed by atoms with Crippen molar-refractivity contribution in [3.63, 3.8) is 0 Å². The van der Waals surface area contributed by atoms with E-state index in [0.29, 0.717) is 17.0 Å². The van der Waals surface area contributed by atoms with E-state index < -0.39 is 0 Å². The highest BCUT2D eigenvalue weighted by Crippen LogP contribution is 2.14. The minimum Gasteiger partial charge on any atom is -0.382 e. The standard InChI is InChI=1S/C5H4ClN5.C2H6/c6-5-10-3(7)2-4(11-5)9-1-8-2;1-2/h1H,(H3,7,8,9,10,11);1-2H3. The molecule has 0 fully saturated rings. The predicted molar refractivity (Wildman–Crippen MR) is 52.5 cm³/mol. The normalized spacial score (nSPS) is 9.46. The van der Waals surface area contributed by atoms with E-state index in [0.717, 1.165) is 0 Å². The van der Waals surface area contributed by atoms with Gasteiger partial charge in [0.15, 0.2) is 11.5 Å². The van der Waals surface area contributed by atoms with Gasteiger partial charge in [0.1, 0.15) is 5.52 Å². The van der Waals surface area contributed by atoms with Crippen molar-refractivity contribution in [2.24, 2.45) is 0 Å². The summed E-state index contributed by atoms with van der Waals surface area (Å²) in [7, 11) is 0. The van der Waals surface area contributed by atoms with Crippen LogP contribution in [0.1, 0.15) is 13.8 Å². The van der Waals surface area contributed by atoms with Crippen molar-refractivity contribution >= 4 is 28.6 Å². The molecule has 0 aliphatic rings. The number of fused-ring (bicyclic) bond motifs is 1. The topological polar surface area (TPSA) is 80.5 Å². The van der Waals surface area contributed by atoms with E-state index in [1.54, 1.807) is 0 Å². The molecular weight excluding hydrogens is 190 g/mol. The van der Waals surface area contributed by atoms with E-state index in [2.05, 4.69) is 19.9 Å². The van der Waals surface area contributed by atoms with Gasteiger partial charge in [0.25, 0.3) is 0 Å². The van der Waals surface area contributed by atoms with Crippen molar-refractivity contribution in [2.45, 2.75) is 13.8 Å². The molecule has 0 aliphatic carbocycles. The van der Waals surface area contributed by atoms with Crippen LogP contribution >= 0.6 is 11.6 Å². The third-order valence-electron chi connectivity index (χ3n) is 1.29. The zero-order valence-electron chi connectivity index (χ0n) is 7.37. The number of nitrogens with one attached hydrogen (secondary N) is 1. The molecule has 0 saturated heterocycles. The highest BCUT2D eigenvalue weighted by atomic mass is 35.5. The molecule has 2 aromatic rings. The summed E-state index contributed by atoms with van der Waals surface area (Å²) < 4.78 is 0. The van der Waals surface area contributed by atoms with Crippen LogP contribution in [0.3, 0.4) is 0 Å². The van der Waals surface area contributed by atoms with Gasteiger partial charge in [0.05, 0.1) is 6.33 Å². The maximum absolute atomic E-state index is 5.52. The van der Waals surface area contributed by atoms with Gasteiger partial charge in [-0.25, -0.2) is 4.98 Å². The highest BCUT2D eigenvalue weighted by molar-refractivity contribution is 6.28. The molecule has 0 saturated carbocycles. The second kappa shape index (κ2) is 4.04. The summed E-state index contributed by atoms with van der Waals surface area (Å²) in [4.78, 5) is 14.2. The molecule has 13 heavy (non-hydrogen) atoms. The third-order valence-corrected chi connectivity index (χ3v) is 1.46. The first-order chi connectivity index (χ1) is 6.27. The van der Waals surface area contributed by atoms with Gasteiger partial charge in [-0.3, -0.25) is 0 Å². The Hall–Kier alpha value is -1.36. The van der Waals surface area contributed by atoms with Crippen molar-refractivity contribution in [1.82, 2.24) is 19.9 Å². The van der Waals surface area contributed by atoms with Gasteiger partial charge in [-0.1, -0.05) is 13.8 Å². The van der Waals surface area contributed by atoms with E-state index in [9.17, 15) is 0 Å². The fourth-order valence-electron chi connectivity index (χ4n) is 0.828. The van der Waals surface area contributed by atoms with Crippen LogP contribution in [-0.2, 0) is 0 Å². The Bertz CT molecular complexity index is 397. The van der Waals surface area contributed by atoms with Crippen LogP contribution in [0, 0.1) is 0 Å². The first-order valence-corrected chi connectivity index (χ1v) is 4.27. The summed E-state index contributed by atoms with van der Waals surface area (Å²) in [5.74, 6) is 0.317. The molecule has 0 aromatic carbocycles. The maximum Gasteiger partial charge on any atom is 0.226 e. The first-order valence-electron chi connectivity index (χ1n) is 3.89. The lowest BCUT2D eigenvalue weighted by atomic mass is 10.5. The van der Waals surface area contributed by atoms with E-state index in [4.69, 9.17) is 17.3 Å². The monoisotopic (exact) mass is 199 g/mol. The van der Waals surface area contributed by atoms with Crippen LogP contribution in [0.25, 0.3) is 11.2 Å². The number of H-pyrrole nitrogens is 1. The van der Waals surface area contributed by atoms with E-state index >= 15 is 0 Å². The molecule has 0 radical (unpaired) electrons. The molecule has 70 valence electrons. The number of imidazole rings is 1. The van der Waals surface area contributed by atoms with E-state index in [1.165, 1.54) is 6.33 Å². The SMILES string of the molecule is CC.Nc1nc(Cl)nc2nc[nH]c12. The molecule has 2 aromatic heterocycles. The number of nitrogens with two attached hydrogens (primary N) is 1. The zero-order valence-corrected chi connectivity index (χ0v) is 8.13. The number of aromatic amines is 1. The number of nitrogen functional groups attached to an aromatic ring is 1. The summed E-state index contributed by atoms with van der Waals surface area (Å²) in [5.41, 5.74) is 6.60.